The van der Waals surface area contributed by atoms with Crippen molar-refractivity contribution < 1.29 is 16.3 Å². The van der Waals surface area contributed by atoms with Crippen LogP contribution in [-0.4, -0.2) is 18.0 Å². The van der Waals surface area contributed by atoms with Gasteiger partial charge in [-0.1, -0.05) is 6.92 Å². The van der Waals surface area contributed by atoms with Crippen LogP contribution in [0.15, 0.2) is 24.3 Å². The van der Waals surface area contributed by atoms with Crippen LogP contribution < -0.4 is 0 Å². The predicted molar refractivity (Wildman–Crippen MR) is 67.9 cm³/mol. The summed E-state index contributed by atoms with van der Waals surface area (Å²) in [5.41, 5.74) is 1.41. The Morgan fingerprint density at radius 3 is 2.75 bits per heavy atom. The van der Waals surface area contributed by atoms with Gasteiger partial charge in [0.1, 0.15) is 0 Å². The zero-order valence-corrected chi connectivity index (χ0v) is 14.5. The number of rotatable bonds is 2. The predicted octanol–water partition coefficient (Wildman–Crippen LogP) is 3.56. The molecule has 0 amide bonds. The Bertz CT molecular complexity index is 279. The first-order valence-electron chi connectivity index (χ1n) is 5.78. The van der Waals surface area contributed by atoms with Crippen LogP contribution in [0, 0.1) is 12.0 Å². The standard InChI is InChI=1S/C13H18N.BrH.Zn/c1-12-6-5-9-14(10-12)11-13-7-3-2-4-8-13;;/h3-4,7-8,12H,5-6,9-11H2,1H3;1H;/q-1;;+2/p-1. The summed E-state index contributed by atoms with van der Waals surface area (Å²) in [6, 6.07) is 11.4. The molecule has 2 rings (SSSR count). The van der Waals surface area contributed by atoms with E-state index in [2.05, 4.69) is 43.6 Å². The third kappa shape index (κ3) is 5.08. The zero-order chi connectivity index (χ0) is 11.8. The molecule has 16 heavy (non-hydrogen) atoms. The maximum absolute atomic E-state index is 3.06. The number of nitrogens with zero attached hydrogens (tertiary/aromatic N) is 1. The van der Waals surface area contributed by atoms with Crippen LogP contribution in [0.1, 0.15) is 25.3 Å². The van der Waals surface area contributed by atoms with E-state index in [1.165, 1.54) is 47.8 Å². The normalized spacial score (nSPS) is 21.1. The quantitative estimate of drug-likeness (QED) is 0.591. The molecular formula is C13H18BrNZn. The minimum atomic E-state index is 0.874. The average Bonchev–Trinajstić information content (AvgIpc) is 2.33. The first kappa shape index (κ1) is 14.3. The Morgan fingerprint density at radius 2 is 2.12 bits per heavy atom. The van der Waals surface area contributed by atoms with Crippen molar-refractivity contribution >= 4 is 13.6 Å². The van der Waals surface area contributed by atoms with Gasteiger partial charge in [-0.3, -0.25) is 0 Å². The van der Waals surface area contributed by atoms with Gasteiger partial charge in [0.2, 0.25) is 0 Å². The van der Waals surface area contributed by atoms with Gasteiger partial charge in [-0.2, -0.15) is 30.3 Å². The van der Waals surface area contributed by atoms with E-state index in [0.29, 0.717) is 0 Å². The zero-order valence-electron chi connectivity index (χ0n) is 9.95. The molecule has 1 unspecified atom stereocenters. The summed E-state index contributed by atoms with van der Waals surface area (Å²) < 4.78 is 0. The Labute approximate surface area is 116 Å². The number of benzene rings is 1. The van der Waals surface area contributed by atoms with E-state index in [4.69, 9.17) is 0 Å². The summed E-state index contributed by atoms with van der Waals surface area (Å²) in [6.45, 7) is 5.99. The minimum absolute atomic E-state index is 0.874. The third-order valence-corrected chi connectivity index (χ3v) is 2.93. The molecule has 0 aromatic heterocycles. The molecule has 1 fully saturated rings. The molecule has 1 atom stereocenters. The number of hydrogen-bond donors (Lipinski definition) is 0. The maximum atomic E-state index is 3.06. The molecule has 1 heterocycles. The fourth-order valence-electron chi connectivity index (χ4n) is 2.22. The van der Waals surface area contributed by atoms with E-state index in [-0.39, 0.29) is 0 Å². The number of likely N-dealkylation sites (tertiary alicyclic amines) is 1. The van der Waals surface area contributed by atoms with E-state index in [9.17, 15) is 0 Å². The summed E-state index contributed by atoms with van der Waals surface area (Å²) in [4.78, 5) is 2.56. The van der Waals surface area contributed by atoms with Crippen molar-refractivity contribution in [1.82, 2.24) is 4.90 Å². The molecule has 0 aliphatic carbocycles. The molecule has 0 N–H and O–H groups in total. The summed E-state index contributed by atoms with van der Waals surface area (Å²) >= 11 is 4.25. The first-order valence-corrected chi connectivity index (χ1v) is 12.7. The molecule has 0 bridgehead atoms. The van der Waals surface area contributed by atoms with Gasteiger partial charge in [-0.05, 0) is 25.3 Å². The van der Waals surface area contributed by atoms with Gasteiger partial charge in [0.05, 0.1) is 0 Å². The van der Waals surface area contributed by atoms with Gasteiger partial charge in [0, 0.05) is 13.1 Å². The van der Waals surface area contributed by atoms with Crippen molar-refractivity contribution in [2.75, 3.05) is 13.1 Å². The van der Waals surface area contributed by atoms with E-state index in [1.807, 2.05) is 12.1 Å². The third-order valence-electron chi connectivity index (χ3n) is 2.93. The molecular weight excluding hydrogens is 315 g/mol. The summed E-state index contributed by atoms with van der Waals surface area (Å²) in [5, 5.41) is 0. The van der Waals surface area contributed by atoms with Crippen LogP contribution in [0.4, 0.5) is 0 Å². The number of halogens is 1. The van der Waals surface area contributed by atoms with Gasteiger partial charge in [-0.15, -0.1) is 5.56 Å². The van der Waals surface area contributed by atoms with Gasteiger partial charge in [0.15, 0.2) is 0 Å². The fourth-order valence-corrected chi connectivity index (χ4v) is 2.22. The van der Waals surface area contributed by atoms with Gasteiger partial charge >= 0.3 is 30.0 Å². The molecule has 1 saturated heterocycles. The van der Waals surface area contributed by atoms with Crippen molar-refractivity contribution in [3.05, 3.63) is 35.9 Å². The first-order chi connectivity index (χ1) is 7.84. The van der Waals surface area contributed by atoms with Crippen molar-refractivity contribution in [3.8, 4) is 0 Å². The monoisotopic (exact) mass is 331 g/mol. The number of piperidine rings is 1. The van der Waals surface area contributed by atoms with Crippen molar-refractivity contribution in [3.63, 3.8) is 0 Å². The second-order valence-corrected chi connectivity index (χ2v) is 4.39. The van der Waals surface area contributed by atoms with E-state index < -0.39 is 0 Å². The molecule has 84 valence electrons. The van der Waals surface area contributed by atoms with Crippen molar-refractivity contribution in [2.24, 2.45) is 5.92 Å². The topological polar surface area (TPSA) is 3.24 Å². The summed E-state index contributed by atoms with van der Waals surface area (Å²) in [5.74, 6) is 0.874. The van der Waals surface area contributed by atoms with Crippen LogP contribution >= 0.6 is 13.6 Å². The van der Waals surface area contributed by atoms with Crippen LogP contribution in [0.25, 0.3) is 0 Å². The fraction of sp³-hybridized carbons (Fsp3) is 0.538. The molecule has 0 saturated carbocycles. The van der Waals surface area contributed by atoms with Crippen LogP contribution in [-0.2, 0) is 22.9 Å². The average molecular weight is 334 g/mol. The molecule has 1 aliphatic rings. The summed E-state index contributed by atoms with van der Waals surface area (Å²) in [6.07, 6.45) is 2.76. The van der Waals surface area contributed by atoms with Gasteiger partial charge in [-0.25, -0.2) is 0 Å². The molecule has 3 heteroatoms. The van der Waals surface area contributed by atoms with Crippen LogP contribution in [0.2, 0.25) is 0 Å². The molecule has 1 aromatic carbocycles. The van der Waals surface area contributed by atoms with Crippen LogP contribution in [0.3, 0.4) is 0 Å². The van der Waals surface area contributed by atoms with Gasteiger partial charge in [0.25, 0.3) is 0 Å². The number of hydrogen-bond acceptors (Lipinski definition) is 1. The SMILES string of the molecule is CC1CCCN(Cc2cc[c-]cc2)C1.[Zn+][Br]. The molecule has 1 aliphatic heterocycles. The van der Waals surface area contributed by atoms with E-state index >= 15 is 0 Å². The second kappa shape index (κ2) is 8.39. The van der Waals surface area contributed by atoms with E-state index in [1.54, 1.807) is 0 Å². The summed E-state index contributed by atoms with van der Waals surface area (Å²) in [7, 11) is 0. The van der Waals surface area contributed by atoms with Crippen molar-refractivity contribution in [2.45, 2.75) is 26.3 Å². The Morgan fingerprint density at radius 1 is 1.44 bits per heavy atom. The molecule has 0 radical (unpaired) electrons. The van der Waals surface area contributed by atoms with Crippen molar-refractivity contribution in [1.29, 1.82) is 0 Å². The second-order valence-electron chi connectivity index (χ2n) is 4.39. The van der Waals surface area contributed by atoms with E-state index in [0.717, 1.165) is 12.5 Å². The van der Waals surface area contributed by atoms with Gasteiger partial charge < -0.3 is 4.90 Å². The molecule has 1 aromatic rings. The Hall–Kier alpha value is 0.283. The molecule has 0 spiro atoms. The van der Waals surface area contributed by atoms with Crippen LogP contribution in [0.5, 0.6) is 0 Å². The Kier molecular flexibility index (Phi) is 7.52. The molecule has 1 nitrogen and oxygen atoms in total. The Balaban J connectivity index is 0.000000606.